The normalized spacial score (nSPS) is 41.0. The highest BCUT2D eigenvalue weighted by atomic mass is 16.8. The van der Waals surface area contributed by atoms with Crippen molar-refractivity contribution in [3.05, 3.63) is 35.9 Å². The summed E-state index contributed by atoms with van der Waals surface area (Å²) in [5, 5.41) is 0. The summed E-state index contributed by atoms with van der Waals surface area (Å²) in [7, 11) is 0. The molecule has 0 saturated carbocycles. The molecule has 3 saturated heterocycles. The molecule has 3 aliphatic rings. The van der Waals surface area contributed by atoms with E-state index in [0.29, 0.717) is 13.0 Å². The number of Topliss-reactive ketones (excluding diaryl/α,β-unsaturated/α-hetero) is 1. The Morgan fingerprint density at radius 2 is 1.86 bits per heavy atom. The van der Waals surface area contributed by atoms with Gasteiger partial charge >= 0.3 is 0 Å². The Kier molecular flexibility index (Phi) is 3.71. The quantitative estimate of drug-likeness (QED) is 0.826. The van der Waals surface area contributed by atoms with Gasteiger partial charge in [0.25, 0.3) is 0 Å². The predicted octanol–water partition coefficient (Wildman–Crippen LogP) is 1.55. The minimum atomic E-state index is -0.708. The molecule has 1 aromatic rings. The molecular weight excluding hydrogens is 288 g/mol. The summed E-state index contributed by atoms with van der Waals surface area (Å²) in [6.45, 7) is 2.23. The molecule has 6 nitrogen and oxygen atoms in total. The van der Waals surface area contributed by atoms with E-state index in [1.54, 1.807) is 0 Å². The van der Waals surface area contributed by atoms with Crippen molar-refractivity contribution in [2.24, 2.45) is 0 Å². The van der Waals surface area contributed by atoms with Crippen molar-refractivity contribution >= 4 is 5.78 Å². The van der Waals surface area contributed by atoms with Crippen LogP contribution in [-0.2, 0) is 28.5 Å². The molecule has 0 amide bonds. The van der Waals surface area contributed by atoms with Crippen molar-refractivity contribution in [3.8, 4) is 0 Å². The fourth-order valence-electron chi connectivity index (χ4n) is 2.99. The second-order valence-corrected chi connectivity index (χ2v) is 5.61. The van der Waals surface area contributed by atoms with E-state index in [2.05, 4.69) is 0 Å². The lowest BCUT2D eigenvalue weighted by Crippen LogP contribution is -2.58. The molecule has 0 aliphatic carbocycles. The number of carbonyl (C=O) groups is 1. The third kappa shape index (κ3) is 2.37. The zero-order chi connectivity index (χ0) is 15.1. The van der Waals surface area contributed by atoms with Crippen LogP contribution in [0.5, 0.6) is 0 Å². The molecule has 3 aliphatic heterocycles. The van der Waals surface area contributed by atoms with E-state index < -0.39 is 37.2 Å². The van der Waals surface area contributed by atoms with Gasteiger partial charge in [0.05, 0.1) is 6.61 Å². The van der Waals surface area contributed by atoms with Crippen LogP contribution in [0.15, 0.2) is 30.3 Å². The van der Waals surface area contributed by atoms with Crippen LogP contribution in [0, 0.1) is 0 Å². The van der Waals surface area contributed by atoms with E-state index >= 15 is 0 Å². The van der Waals surface area contributed by atoms with Crippen molar-refractivity contribution in [2.45, 2.75) is 50.5 Å². The fourth-order valence-corrected chi connectivity index (χ4v) is 2.99. The number of fused-ring (bicyclic) bond motifs is 2. The molecule has 0 N–H and O–H groups in total. The summed E-state index contributed by atoms with van der Waals surface area (Å²) >= 11 is 0. The summed E-state index contributed by atoms with van der Waals surface area (Å²) in [5.74, 6) is -0.124. The van der Waals surface area contributed by atoms with Gasteiger partial charge in [0.1, 0.15) is 6.10 Å². The molecule has 6 atom stereocenters. The van der Waals surface area contributed by atoms with Crippen molar-refractivity contribution < 1.29 is 28.5 Å². The first kappa shape index (κ1) is 14.3. The Hall–Kier alpha value is -1.31. The SMILES string of the molecule is CC[C@@H]1O[C@H]2O[C@@H]3COC(c4ccccc4)O[C@H]3C(=O)[C@H]2O1. The first-order valence-electron chi connectivity index (χ1n) is 7.58. The van der Waals surface area contributed by atoms with E-state index in [1.165, 1.54) is 0 Å². The highest BCUT2D eigenvalue weighted by Crippen LogP contribution is 2.36. The van der Waals surface area contributed by atoms with E-state index in [-0.39, 0.29) is 5.78 Å². The van der Waals surface area contributed by atoms with Crippen LogP contribution in [0.4, 0.5) is 0 Å². The molecule has 22 heavy (non-hydrogen) atoms. The van der Waals surface area contributed by atoms with Crippen molar-refractivity contribution in [2.75, 3.05) is 6.61 Å². The summed E-state index contributed by atoms with van der Waals surface area (Å²) in [6, 6.07) is 9.55. The minimum absolute atomic E-state index is 0.124. The number of benzene rings is 1. The lowest BCUT2D eigenvalue weighted by Gasteiger charge is -2.41. The number of ether oxygens (including phenoxy) is 5. The zero-order valence-corrected chi connectivity index (χ0v) is 12.2. The number of ketones is 1. The van der Waals surface area contributed by atoms with Crippen molar-refractivity contribution in [1.29, 1.82) is 0 Å². The third-order valence-electron chi connectivity index (χ3n) is 4.13. The maximum absolute atomic E-state index is 12.6. The Morgan fingerprint density at radius 1 is 1.05 bits per heavy atom. The van der Waals surface area contributed by atoms with Crippen LogP contribution in [0.1, 0.15) is 25.2 Å². The highest BCUT2D eigenvalue weighted by molar-refractivity contribution is 5.89. The molecule has 6 heteroatoms. The molecule has 1 unspecified atom stereocenters. The first-order valence-corrected chi connectivity index (χ1v) is 7.58. The maximum Gasteiger partial charge on any atom is 0.198 e. The Morgan fingerprint density at radius 3 is 2.64 bits per heavy atom. The zero-order valence-electron chi connectivity index (χ0n) is 12.2. The van der Waals surface area contributed by atoms with Crippen LogP contribution >= 0.6 is 0 Å². The lowest BCUT2D eigenvalue weighted by molar-refractivity contribution is -0.299. The number of carbonyl (C=O) groups excluding carboxylic acids is 1. The topological polar surface area (TPSA) is 63.2 Å². The molecule has 0 spiro atoms. The maximum atomic E-state index is 12.6. The van der Waals surface area contributed by atoms with E-state index in [0.717, 1.165) is 5.56 Å². The van der Waals surface area contributed by atoms with E-state index in [4.69, 9.17) is 23.7 Å². The van der Waals surface area contributed by atoms with Gasteiger partial charge in [-0.1, -0.05) is 37.3 Å². The number of rotatable bonds is 2. The Labute approximate surface area is 128 Å². The van der Waals surface area contributed by atoms with Crippen molar-refractivity contribution in [3.63, 3.8) is 0 Å². The van der Waals surface area contributed by atoms with E-state index in [9.17, 15) is 4.79 Å². The van der Waals surface area contributed by atoms with Gasteiger partial charge in [-0.25, -0.2) is 0 Å². The lowest BCUT2D eigenvalue weighted by atomic mass is 10.00. The van der Waals surface area contributed by atoms with Crippen LogP contribution in [0.25, 0.3) is 0 Å². The van der Waals surface area contributed by atoms with Gasteiger partial charge in [-0.3, -0.25) is 4.79 Å². The van der Waals surface area contributed by atoms with E-state index in [1.807, 2.05) is 37.3 Å². The Bertz CT molecular complexity index is 547. The van der Waals surface area contributed by atoms with Gasteiger partial charge in [-0.05, 0) is 6.42 Å². The average molecular weight is 306 g/mol. The highest BCUT2D eigenvalue weighted by Gasteiger charge is 2.54. The molecule has 3 heterocycles. The molecule has 0 bridgehead atoms. The van der Waals surface area contributed by atoms with Crippen LogP contribution in [0.2, 0.25) is 0 Å². The molecule has 0 radical (unpaired) electrons. The summed E-state index contributed by atoms with van der Waals surface area (Å²) < 4.78 is 28.5. The van der Waals surface area contributed by atoms with Gasteiger partial charge in [-0.2, -0.15) is 0 Å². The first-order chi connectivity index (χ1) is 10.8. The van der Waals surface area contributed by atoms with Crippen LogP contribution in [0.3, 0.4) is 0 Å². The summed E-state index contributed by atoms with van der Waals surface area (Å²) in [4.78, 5) is 12.6. The smallest absolute Gasteiger partial charge is 0.198 e. The third-order valence-corrected chi connectivity index (χ3v) is 4.13. The minimum Gasteiger partial charge on any atom is -0.346 e. The molecule has 3 fully saturated rings. The predicted molar refractivity (Wildman–Crippen MR) is 73.7 cm³/mol. The summed E-state index contributed by atoms with van der Waals surface area (Å²) in [6.07, 6.45) is -2.78. The number of hydrogen-bond donors (Lipinski definition) is 0. The summed E-state index contributed by atoms with van der Waals surface area (Å²) in [5.41, 5.74) is 0.880. The molecule has 0 aromatic heterocycles. The molecule has 4 rings (SSSR count). The van der Waals surface area contributed by atoms with Gasteiger partial charge in [-0.15, -0.1) is 0 Å². The van der Waals surface area contributed by atoms with Crippen LogP contribution < -0.4 is 0 Å². The molecule has 118 valence electrons. The largest absolute Gasteiger partial charge is 0.346 e. The number of hydrogen-bond acceptors (Lipinski definition) is 6. The van der Waals surface area contributed by atoms with Crippen molar-refractivity contribution in [1.82, 2.24) is 0 Å². The van der Waals surface area contributed by atoms with Gasteiger partial charge < -0.3 is 23.7 Å². The standard InChI is InChI=1S/C16H18O6/c1-2-11-20-14-12(17)13-10(19-16(14)21-11)8-18-15(22-13)9-6-4-3-5-7-9/h3-7,10-11,13-16H,2,8H2,1H3/t10-,11+,13-,14-,15?,16-/m1/s1. The van der Waals surface area contributed by atoms with Gasteiger partial charge in [0.2, 0.25) is 0 Å². The second-order valence-electron chi connectivity index (χ2n) is 5.61. The van der Waals surface area contributed by atoms with Crippen LogP contribution in [-0.4, -0.2) is 43.3 Å². The monoisotopic (exact) mass is 306 g/mol. The molecular formula is C16H18O6. The Balaban J connectivity index is 1.51. The second kappa shape index (κ2) is 5.72. The average Bonchev–Trinajstić information content (AvgIpc) is 2.99. The van der Waals surface area contributed by atoms with Gasteiger partial charge in [0, 0.05) is 5.56 Å². The van der Waals surface area contributed by atoms with Gasteiger partial charge in [0.15, 0.2) is 36.9 Å². The fraction of sp³-hybridized carbons (Fsp3) is 0.562. The molecule has 1 aromatic carbocycles.